The summed E-state index contributed by atoms with van der Waals surface area (Å²) in [6, 6.07) is 1.71. The highest BCUT2D eigenvalue weighted by molar-refractivity contribution is 6.56. The smallest absolute Gasteiger partial charge is 0.332 e. The molecule has 0 aromatic carbocycles. The first kappa shape index (κ1) is 24.2. The van der Waals surface area contributed by atoms with Crippen LogP contribution in [0.3, 0.4) is 0 Å². The van der Waals surface area contributed by atoms with Crippen LogP contribution in [0, 0.1) is 16.7 Å². The molecule has 0 saturated heterocycles. The van der Waals surface area contributed by atoms with E-state index in [9.17, 15) is 19.5 Å². The number of allylic oxidation sites excluding steroid dienone is 6. The molecule has 0 aliphatic carbocycles. The van der Waals surface area contributed by atoms with Gasteiger partial charge in [-0.1, -0.05) is 35.4 Å². The number of aliphatic carboxylic acids is 3. The predicted octanol–water partition coefficient (Wildman–Crippen LogP) is 3.83. The molecule has 0 amide bonds. The molecule has 0 rings (SSSR count). The Morgan fingerprint density at radius 2 is 1.48 bits per heavy atom. The number of hydrogen-bond donors (Lipinski definition) is 3. The summed E-state index contributed by atoms with van der Waals surface area (Å²) < 4.78 is -0.389. The number of carboxylic acid groups (broad SMARTS) is 3. The van der Waals surface area contributed by atoms with Crippen molar-refractivity contribution in [3.05, 3.63) is 57.2 Å². The Balaban J connectivity index is 6.80. The third-order valence-corrected chi connectivity index (χ3v) is 3.83. The van der Waals surface area contributed by atoms with E-state index in [2.05, 4.69) is 0 Å². The number of halogens is 2. The van der Waals surface area contributed by atoms with Crippen molar-refractivity contribution in [1.82, 2.24) is 0 Å². The zero-order chi connectivity index (χ0) is 21.4. The summed E-state index contributed by atoms with van der Waals surface area (Å²) in [7, 11) is 0. The molecule has 0 aliphatic rings. The second-order valence-corrected chi connectivity index (χ2v) is 6.54. The van der Waals surface area contributed by atoms with Crippen molar-refractivity contribution in [1.29, 1.82) is 5.26 Å². The van der Waals surface area contributed by atoms with Crippen molar-refractivity contribution in [3.8, 4) is 6.07 Å². The van der Waals surface area contributed by atoms with Crippen molar-refractivity contribution >= 4 is 41.1 Å². The van der Waals surface area contributed by atoms with Crippen LogP contribution in [0.2, 0.25) is 0 Å². The molecule has 0 radical (unpaired) electrons. The monoisotopic (exact) mass is 413 g/mol. The van der Waals surface area contributed by atoms with E-state index < -0.39 is 23.3 Å². The quantitative estimate of drug-likeness (QED) is 0.312. The summed E-state index contributed by atoms with van der Waals surface area (Å²) in [6.07, 6.45) is 5.45. The van der Waals surface area contributed by atoms with Crippen LogP contribution in [0.1, 0.15) is 20.8 Å². The predicted molar refractivity (Wildman–Crippen MR) is 100 cm³/mol. The van der Waals surface area contributed by atoms with E-state index in [-0.39, 0.29) is 26.8 Å². The van der Waals surface area contributed by atoms with Crippen LogP contribution >= 0.6 is 23.2 Å². The molecule has 144 valence electrons. The first-order valence-electron chi connectivity index (χ1n) is 7.28. The topological polar surface area (TPSA) is 136 Å². The van der Waals surface area contributed by atoms with Crippen molar-refractivity contribution in [2.24, 2.45) is 5.41 Å². The Kier molecular flexibility index (Phi) is 9.28. The molecule has 27 heavy (non-hydrogen) atoms. The molecular weight excluding hydrogens is 397 g/mol. The van der Waals surface area contributed by atoms with Gasteiger partial charge in [-0.3, -0.25) is 0 Å². The van der Waals surface area contributed by atoms with Gasteiger partial charge in [0.25, 0.3) is 0 Å². The lowest BCUT2D eigenvalue weighted by Crippen LogP contribution is -2.22. The maximum absolute atomic E-state index is 11.8. The van der Waals surface area contributed by atoms with Crippen LogP contribution in [-0.4, -0.2) is 33.2 Å². The van der Waals surface area contributed by atoms with Crippen LogP contribution in [0.15, 0.2) is 57.2 Å². The van der Waals surface area contributed by atoms with Gasteiger partial charge in [0.2, 0.25) is 0 Å². The molecule has 0 fully saturated rings. The lowest BCUT2D eigenvalue weighted by molar-refractivity contribution is -0.134. The van der Waals surface area contributed by atoms with E-state index in [1.54, 1.807) is 6.07 Å². The van der Waals surface area contributed by atoms with Gasteiger partial charge in [-0.2, -0.15) is 5.26 Å². The molecule has 1 atom stereocenters. The summed E-state index contributed by atoms with van der Waals surface area (Å²) >= 11 is 11.5. The molecule has 0 aromatic rings. The zero-order valence-corrected chi connectivity index (χ0v) is 16.2. The van der Waals surface area contributed by atoms with Gasteiger partial charge in [-0.15, -0.1) is 0 Å². The Morgan fingerprint density at radius 3 is 1.85 bits per heavy atom. The van der Waals surface area contributed by atoms with E-state index >= 15 is 0 Å². The Hall–Kier alpha value is -2.82. The number of carboxylic acids is 3. The first-order valence-corrected chi connectivity index (χ1v) is 8.03. The number of carbonyl (C=O) groups is 3. The molecule has 9 heteroatoms. The maximum Gasteiger partial charge on any atom is 0.332 e. The highest BCUT2D eigenvalue weighted by Gasteiger charge is 2.30. The highest BCUT2D eigenvalue weighted by atomic mass is 35.5. The fraction of sp³-hybridized carbons (Fsp3) is 0.222. The average molecular weight is 414 g/mol. The van der Waals surface area contributed by atoms with Gasteiger partial charge in [0.05, 0.1) is 11.6 Å². The van der Waals surface area contributed by atoms with Gasteiger partial charge < -0.3 is 15.3 Å². The van der Waals surface area contributed by atoms with Gasteiger partial charge in [0.1, 0.15) is 4.49 Å². The lowest BCUT2D eigenvalue weighted by atomic mass is 9.79. The molecule has 1 unspecified atom stereocenters. The summed E-state index contributed by atoms with van der Waals surface area (Å²) in [5.74, 6) is -3.98. The molecule has 3 N–H and O–H groups in total. The lowest BCUT2D eigenvalue weighted by Gasteiger charge is -2.24. The second-order valence-electron chi connectivity index (χ2n) is 5.59. The third-order valence-electron chi connectivity index (χ3n) is 3.40. The van der Waals surface area contributed by atoms with Gasteiger partial charge in [-0.25, -0.2) is 14.4 Å². The van der Waals surface area contributed by atoms with E-state index in [0.29, 0.717) is 0 Å². The number of nitrogens with zero attached hydrogens (tertiary/aromatic N) is 1. The molecule has 0 spiro atoms. The number of hydrogen-bond acceptors (Lipinski definition) is 4. The third kappa shape index (κ3) is 7.52. The maximum atomic E-state index is 11.8. The zero-order valence-electron chi connectivity index (χ0n) is 14.7. The van der Waals surface area contributed by atoms with Gasteiger partial charge in [-0.05, 0) is 32.9 Å². The fourth-order valence-corrected chi connectivity index (χ4v) is 2.20. The minimum absolute atomic E-state index is 0.103. The van der Waals surface area contributed by atoms with E-state index in [1.165, 1.54) is 26.8 Å². The number of nitriles is 1. The molecular formula is C18H17Cl2NO6. The average Bonchev–Trinajstić information content (AvgIpc) is 2.55. The standard InChI is InChI=1S/C18H17Cl2NO6/c1-10(15(22)23)7-12(14(19)20)8-13(17(26)27)18(3,5-4-6-21)9-11(2)16(24)25/h4-5,7-9H,1-3H3,(H,22,23)(H,24,25)(H,26,27). The van der Waals surface area contributed by atoms with Crippen LogP contribution < -0.4 is 0 Å². The minimum Gasteiger partial charge on any atom is -0.478 e. The largest absolute Gasteiger partial charge is 0.478 e. The van der Waals surface area contributed by atoms with Gasteiger partial charge in [0, 0.05) is 28.2 Å². The molecule has 0 aliphatic heterocycles. The van der Waals surface area contributed by atoms with Crippen LogP contribution in [-0.2, 0) is 14.4 Å². The fourth-order valence-electron chi connectivity index (χ4n) is 1.99. The van der Waals surface area contributed by atoms with Crippen LogP contribution in [0.5, 0.6) is 0 Å². The minimum atomic E-state index is -1.52. The van der Waals surface area contributed by atoms with Crippen molar-refractivity contribution in [3.63, 3.8) is 0 Å². The van der Waals surface area contributed by atoms with Crippen LogP contribution in [0.25, 0.3) is 0 Å². The highest BCUT2D eigenvalue weighted by Crippen LogP contribution is 2.34. The van der Waals surface area contributed by atoms with Crippen molar-refractivity contribution in [2.75, 3.05) is 0 Å². The first-order chi connectivity index (χ1) is 12.4. The summed E-state index contributed by atoms with van der Waals surface area (Å²) in [4.78, 5) is 34.0. The Labute approximate surface area is 165 Å². The summed E-state index contributed by atoms with van der Waals surface area (Å²) in [6.45, 7) is 3.90. The number of rotatable bonds is 8. The van der Waals surface area contributed by atoms with E-state index in [1.807, 2.05) is 0 Å². The Bertz CT molecular complexity index is 838. The van der Waals surface area contributed by atoms with Gasteiger partial charge in [0.15, 0.2) is 0 Å². The normalized spacial score (nSPS) is 15.0. The van der Waals surface area contributed by atoms with E-state index in [0.717, 1.165) is 24.3 Å². The summed E-state index contributed by atoms with van der Waals surface area (Å²) in [5.41, 5.74) is -2.32. The van der Waals surface area contributed by atoms with Gasteiger partial charge >= 0.3 is 17.9 Å². The van der Waals surface area contributed by atoms with Crippen molar-refractivity contribution in [2.45, 2.75) is 20.8 Å². The van der Waals surface area contributed by atoms with Crippen molar-refractivity contribution < 1.29 is 29.7 Å². The second kappa shape index (κ2) is 10.4. The molecule has 0 aromatic heterocycles. The Morgan fingerprint density at radius 1 is 0.963 bits per heavy atom. The molecule has 0 bridgehead atoms. The molecule has 0 saturated carbocycles. The SMILES string of the molecule is CC(=CC(C=C(C(=O)O)C(C)(C=CC#N)C=C(C)C(=O)O)=C(Cl)Cl)C(=O)O. The van der Waals surface area contributed by atoms with E-state index in [4.69, 9.17) is 38.7 Å². The molecule has 7 nitrogen and oxygen atoms in total. The molecule has 0 heterocycles. The van der Waals surface area contributed by atoms with Crippen LogP contribution in [0.4, 0.5) is 0 Å². The summed E-state index contributed by atoms with van der Waals surface area (Å²) in [5, 5.41) is 36.5.